The van der Waals surface area contributed by atoms with Crippen molar-refractivity contribution in [2.45, 2.75) is 4.90 Å². The van der Waals surface area contributed by atoms with Crippen molar-refractivity contribution >= 4 is 38.6 Å². The lowest BCUT2D eigenvalue weighted by Crippen LogP contribution is -2.19. The number of nitrogens with two attached hydrogens (primary N) is 1. The molecule has 0 saturated carbocycles. The minimum absolute atomic E-state index is 0.0191. The molecule has 2 aromatic heterocycles. The number of hydrogen-bond donors (Lipinski definition) is 2. The SMILES string of the molecule is CNS(=O)(=O)c1cc(-c2nn(C)c3nc(N)ncc23)ccc1Cl. The van der Waals surface area contributed by atoms with Gasteiger partial charge in [-0.15, -0.1) is 0 Å². The Balaban J connectivity index is 2.26. The predicted octanol–water partition coefficient (Wildman–Crippen LogP) is 1.17. The molecule has 0 spiro atoms. The van der Waals surface area contributed by atoms with Crippen LogP contribution in [0.1, 0.15) is 0 Å². The summed E-state index contributed by atoms with van der Waals surface area (Å²) < 4.78 is 27.9. The van der Waals surface area contributed by atoms with Crippen LogP contribution in [0.5, 0.6) is 0 Å². The van der Waals surface area contributed by atoms with Crippen molar-refractivity contribution in [2.24, 2.45) is 7.05 Å². The third-order valence-electron chi connectivity index (χ3n) is 3.36. The molecular formula is C13H13ClN6O2S. The molecule has 3 N–H and O–H groups in total. The second-order valence-electron chi connectivity index (χ2n) is 4.79. The number of aromatic nitrogens is 4. The maximum absolute atomic E-state index is 12.1. The van der Waals surface area contributed by atoms with Crippen molar-refractivity contribution in [3.05, 3.63) is 29.4 Å². The van der Waals surface area contributed by atoms with Gasteiger partial charge in [0.25, 0.3) is 0 Å². The average molecular weight is 353 g/mol. The fourth-order valence-corrected chi connectivity index (χ4v) is 3.48. The van der Waals surface area contributed by atoms with E-state index in [9.17, 15) is 8.42 Å². The molecule has 0 aliphatic carbocycles. The van der Waals surface area contributed by atoms with Crippen LogP contribution in [-0.2, 0) is 17.1 Å². The summed E-state index contributed by atoms with van der Waals surface area (Å²) in [6, 6.07) is 4.67. The van der Waals surface area contributed by atoms with Gasteiger partial charge in [-0.05, 0) is 19.2 Å². The highest BCUT2D eigenvalue weighted by atomic mass is 35.5. The molecule has 8 nitrogen and oxygen atoms in total. The molecule has 10 heteroatoms. The summed E-state index contributed by atoms with van der Waals surface area (Å²) >= 11 is 6.01. The van der Waals surface area contributed by atoms with Crippen LogP contribution in [-0.4, -0.2) is 35.2 Å². The van der Waals surface area contributed by atoms with E-state index in [-0.39, 0.29) is 15.9 Å². The van der Waals surface area contributed by atoms with Crippen LogP contribution in [0.4, 0.5) is 5.95 Å². The lowest BCUT2D eigenvalue weighted by molar-refractivity contribution is 0.588. The monoisotopic (exact) mass is 352 g/mol. The number of benzene rings is 1. The van der Waals surface area contributed by atoms with Crippen molar-refractivity contribution in [3.8, 4) is 11.3 Å². The lowest BCUT2D eigenvalue weighted by atomic mass is 10.1. The molecule has 2 heterocycles. The van der Waals surface area contributed by atoms with Gasteiger partial charge < -0.3 is 5.73 Å². The number of hydrogen-bond acceptors (Lipinski definition) is 6. The first-order valence-electron chi connectivity index (χ1n) is 6.52. The van der Waals surface area contributed by atoms with E-state index in [0.29, 0.717) is 22.3 Å². The van der Waals surface area contributed by atoms with Gasteiger partial charge in [-0.2, -0.15) is 10.1 Å². The number of sulfonamides is 1. The number of halogens is 1. The number of anilines is 1. The van der Waals surface area contributed by atoms with Crippen LogP contribution in [0, 0.1) is 0 Å². The van der Waals surface area contributed by atoms with E-state index in [0.717, 1.165) is 0 Å². The van der Waals surface area contributed by atoms with Gasteiger partial charge in [0.05, 0.1) is 10.4 Å². The smallest absolute Gasteiger partial charge is 0.241 e. The largest absolute Gasteiger partial charge is 0.368 e. The third kappa shape index (κ3) is 2.62. The molecule has 0 radical (unpaired) electrons. The standard InChI is InChI=1S/C13H13ClN6O2S/c1-16-23(21,22)10-5-7(3-4-9(10)14)11-8-6-17-13(15)18-12(8)20(2)19-11/h3-6,16H,1-2H3,(H2,15,17,18). The first kappa shape index (κ1) is 15.7. The van der Waals surface area contributed by atoms with Crippen molar-refractivity contribution in [1.29, 1.82) is 0 Å². The predicted molar refractivity (Wildman–Crippen MR) is 87.4 cm³/mol. The van der Waals surface area contributed by atoms with E-state index < -0.39 is 10.0 Å². The van der Waals surface area contributed by atoms with Gasteiger partial charge in [-0.25, -0.2) is 22.8 Å². The summed E-state index contributed by atoms with van der Waals surface area (Å²) in [6.45, 7) is 0. The van der Waals surface area contributed by atoms with E-state index in [1.807, 2.05) is 0 Å². The van der Waals surface area contributed by atoms with E-state index in [1.165, 1.54) is 19.2 Å². The number of nitrogens with zero attached hydrogens (tertiary/aromatic N) is 4. The second-order valence-corrected chi connectivity index (χ2v) is 7.05. The van der Waals surface area contributed by atoms with Gasteiger partial charge in [-0.1, -0.05) is 17.7 Å². The molecule has 0 saturated heterocycles. The molecule has 0 fully saturated rings. The third-order valence-corrected chi connectivity index (χ3v) is 5.26. The highest BCUT2D eigenvalue weighted by Gasteiger charge is 2.19. The average Bonchev–Trinajstić information content (AvgIpc) is 2.84. The summed E-state index contributed by atoms with van der Waals surface area (Å²) in [7, 11) is -0.634. The zero-order valence-corrected chi connectivity index (χ0v) is 13.9. The molecule has 0 bridgehead atoms. The van der Waals surface area contributed by atoms with Crippen LogP contribution in [0.3, 0.4) is 0 Å². The molecule has 0 aliphatic heterocycles. The zero-order valence-electron chi connectivity index (χ0n) is 12.3. The van der Waals surface area contributed by atoms with Gasteiger partial charge in [0.15, 0.2) is 5.65 Å². The number of rotatable bonds is 3. The quantitative estimate of drug-likeness (QED) is 0.731. The highest BCUT2D eigenvalue weighted by molar-refractivity contribution is 7.89. The Kier molecular flexibility index (Phi) is 3.71. The summed E-state index contributed by atoms with van der Waals surface area (Å²) in [5, 5.41) is 5.17. The molecule has 0 atom stereocenters. The molecule has 0 unspecified atom stereocenters. The Morgan fingerprint density at radius 1 is 1.35 bits per heavy atom. The summed E-state index contributed by atoms with van der Waals surface area (Å²) in [4.78, 5) is 8.09. The van der Waals surface area contributed by atoms with E-state index in [4.69, 9.17) is 17.3 Å². The minimum Gasteiger partial charge on any atom is -0.368 e. The fraction of sp³-hybridized carbons (Fsp3) is 0.154. The Hall–Kier alpha value is -2.23. The molecule has 23 heavy (non-hydrogen) atoms. The first-order valence-corrected chi connectivity index (χ1v) is 8.38. The van der Waals surface area contributed by atoms with Crippen LogP contribution in [0.15, 0.2) is 29.3 Å². The van der Waals surface area contributed by atoms with Crippen molar-refractivity contribution in [1.82, 2.24) is 24.5 Å². The van der Waals surface area contributed by atoms with Gasteiger partial charge in [0.2, 0.25) is 16.0 Å². The second kappa shape index (κ2) is 5.44. The molecule has 120 valence electrons. The molecule has 0 aliphatic rings. The summed E-state index contributed by atoms with van der Waals surface area (Å²) in [5.41, 5.74) is 7.28. The van der Waals surface area contributed by atoms with Gasteiger partial charge in [0, 0.05) is 18.8 Å². The minimum atomic E-state index is -3.68. The maximum atomic E-state index is 12.1. The maximum Gasteiger partial charge on any atom is 0.241 e. The Bertz CT molecular complexity index is 1010. The highest BCUT2D eigenvalue weighted by Crippen LogP contribution is 2.31. The van der Waals surface area contributed by atoms with Crippen LogP contribution in [0.2, 0.25) is 5.02 Å². The van der Waals surface area contributed by atoms with Crippen LogP contribution in [0.25, 0.3) is 22.3 Å². The molecule has 0 amide bonds. The summed E-state index contributed by atoms with van der Waals surface area (Å²) in [6.07, 6.45) is 1.56. The van der Waals surface area contributed by atoms with Crippen molar-refractivity contribution in [2.75, 3.05) is 12.8 Å². The lowest BCUT2D eigenvalue weighted by Gasteiger charge is -2.07. The number of aryl methyl sites for hydroxylation is 1. The number of fused-ring (bicyclic) bond motifs is 1. The van der Waals surface area contributed by atoms with Gasteiger partial charge >= 0.3 is 0 Å². The van der Waals surface area contributed by atoms with Crippen molar-refractivity contribution < 1.29 is 8.42 Å². The van der Waals surface area contributed by atoms with Crippen molar-refractivity contribution in [3.63, 3.8) is 0 Å². The number of nitrogen functional groups attached to an aromatic ring is 1. The Morgan fingerprint density at radius 2 is 2.09 bits per heavy atom. The van der Waals surface area contributed by atoms with E-state index >= 15 is 0 Å². The van der Waals surface area contributed by atoms with E-state index in [2.05, 4.69) is 19.8 Å². The number of nitrogens with one attached hydrogen (secondary N) is 1. The Labute approximate surface area is 137 Å². The molecule has 3 rings (SSSR count). The zero-order chi connectivity index (χ0) is 16.8. The normalized spacial score (nSPS) is 12.0. The summed E-state index contributed by atoms with van der Waals surface area (Å²) in [5.74, 6) is 0.140. The van der Waals surface area contributed by atoms with Crippen LogP contribution < -0.4 is 10.5 Å². The molecule has 3 aromatic rings. The fourth-order valence-electron chi connectivity index (χ4n) is 2.23. The van der Waals surface area contributed by atoms with E-state index in [1.54, 1.807) is 24.0 Å². The Morgan fingerprint density at radius 3 is 2.78 bits per heavy atom. The van der Waals surface area contributed by atoms with Gasteiger partial charge in [0.1, 0.15) is 10.6 Å². The molecule has 1 aromatic carbocycles. The van der Waals surface area contributed by atoms with Gasteiger partial charge in [-0.3, -0.25) is 0 Å². The molecular weight excluding hydrogens is 340 g/mol. The topological polar surface area (TPSA) is 116 Å². The van der Waals surface area contributed by atoms with Crippen LogP contribution >= 0.6 is 11.6 Å². The first-order chi connectivity index (χ1) is 10.8.